The van der Waals surface area contributed by atoms with Crippen molar-refractivity contribution in [3.8, 4) is 11.5 Å². The van der Waals surface area contributed by atoms with Gasteiger partial charge in [0.05, 0.1) is 12.1 Å². The van der Waals surface area contributed by atoms with Gasteiger partial charge in [-0.2, -0.15) is 13.2 Å². The quantitative estimate of drug-likeness (QED) is 0.807. The van der Waals surface area contributed by atoms with Gasteiger partial charge in [0.15, 0.2) is 11.5 Å². The van der Waals surface area contributed by atoms with Crippen molar-refractivity contribution in [2.45, 2.75) is 12.7 Å². The molecule has 0 fully saturated rings. The molecule has 22 heavy (non-hydrogen) atoms. The second-order valence-corrected chi connectivity index (χ2v) is 5.53. The van der Waals surface area contributed by atoms with E-state index in [2.05, 4.69) is 15.9 Å². The van der Waals surface area contributed by atoms with E-state index < -0.39 is 17.3 Å². The van der Waals surface area contributed by atoms with E-state index in [1.165, 1.54) is 0 Å². The van der Waals surface area contributed by atoms with Crippen LogP contribution in [0.15, 0.2) is 39.7 Å². The summed E-state index contributed by atoms with van der Waals surface area (Å²) in [5.74, 6) is 1.05. The number of benzene rings is 1. The van der Waals surface area contributed by atoms with Crippen LogP contribution in [0.3, 0.4) is 0 Å². The fraction of sp³-hybridized carbons (Fsp3) is 0.214. The Kier molecular flexibility index (Phi) is 3.64. The molecule has 1 aromatic heterocycles. The van der Waals surface area contributed by atoms with Crippen molar-refractivity contribution in [3.63, 3.8) is 0 Å². The van der Waals surface area contributed by atoms with Crippen LogP contribution in [0.25, 0.3) is 0 Å². The molecule has 1 aliphatic rings. The molecule has 0 saturated carbocycles. The summed E-state index contributed by atoms with van der Waals surface area (Å²) in [4.78, 5) is 11.8. The molecule has 2 aromatic rings. The summed E-state index contributed by atoms with van der Waals surface area (Å²) in [6.07, 6.45) is -3.69. The molecule has 4 nitrogen and oxygen atoms in total. The Morgan fingerprint density at radius 2 is 1.86 bits per heavy atom. The van der Waals surface area contributed by atoms with Crippen molar-refractivity contribution in [2.75, 3.05) is 6.79 Å². The number of nitrogens with zero attached hydrogens (tertiary/aromatic N) is 1. The third-order valence-electron chi connectivity index (χ3n) is 3.19. The van der Waals surface area contributed by atoms with Gasteiger partial charge in [-0.15, -0.1) is 0 Å². The number of ether oxygens (including phenoxy) is 2. The van der Waals surface area contributed by atoms with E-state index in [0.29, 0.717) is 21.5 Å². The highest BCUT2D eigenvalue weighted by Gasteiger charge is 2.31. The zero-order valence-electron chi connectivity index (χ0n) is 11.0. The average molecular weight is 376 g/mol. The maximum absolute atomic E-state index is 12.7. The Labute approximate surface area is 131 Å². The third kappa shape index (κ3) is 2.83. The van der Waals surface area contributed by atoms with Gasteiger partial charge in [-0.05, 0) is 23.8 Å². The molecule has 1 aliphatic heterocycles. The smallest absolute Gasteiger partial charge is 0.417 e. The molecule has 116 valence electrons. The van der Waals surface area contributed by atoms with Crippen molar-refractivity contribution < 1.29 is 22.6 Å². The summed E-state index contributed by atoms with van der Waals surface area (Å²) in [6, 6.07) is 4.98. The van der Waals surface area contributed by atoms with Crippen LogP contribution >= 0.6 is 15.9 Å². The first kappa shape index (κ1) is 15.0. The SMILES string of the molecule is O=c1ccc(C(F)(F)F)cn1Cc1cc2c(cc1Br)OCO2. The molecule has 0 unspecified atom stereocenters. The second-order valence-electron chi connectivity index (χ2n) is 4.68. The van der Waals surface area contributed by atoms with E-state index in [9.17, 15) is 18.0 Å². The van der Waals surface area contributed by atoms with Crippen LogP contribution in [0.4, 0.5) is 13.2 Å². The average Bonchev–Trinajstić information content (AvgIpc) is 2.87. The number of aromatic nitrogens is 1. The van der Waals surface area contributed by atoms with Crippen molar-refractivity contribution in [3.05, 3.63) is 56.4 Å². The lowest BCUT2D eigenvalue weighted by Crippen LogP contribution is -2.22. The van der Waals surface area contributed by atoms with Gasteiger partial charge in [0.1, 0.15) is 0 Å². The predicted molar refractivity (Wildman–Crippen MR) is 75.1 cm³/mol. The lowest BCUT2D eigenvalue weighted by molar-refractivity contribution is -0.138. The van der Waals surface area contributed by atoms with Crippen LogP contribution in [0.5, 0.6) is 11.5 Å². The molecule has 0 saturated heterocycles. The van der Waals surface area contributed by atoms with Gasteiger partial charge < -0.3 is 14.0 Å². The largest absolute Gasteiger partial charge is 0.454 e. The van der Waals surface area contributed by atoms with E-state index in [-0.39, 0.29) is 13.3 Å². The molecule has 0 amide bonds. The highest BCUT2D eigenvalue weighted by molar-refractivity contribution is 9.10. The Hall–Kier alpha value is -1.96. The maximum atomic E-state index is 12.7. The predicted octanol–water partition coefficient (Wildman–Crippen LogP) is 3.41. The van der Waals surface area contributed by atoms with E-state index in [0.717, 1.165) is 22.9 Å². The van der Waals surface area contributed by atoms with Gasteiger partial charge in [-0.3, -0.25) is 4.79 Å². The molecular formula is C14H9BrF3NO3. The van der Waals surface area contributed by atoms with Crippen LogP contribution in [-0.2, 0) is 12.7 Å². The van der Waals surface area contributed by atoms with Crippen molar-refractivity contribution in [1.82, 2.24) is 4.57 Å². The molecule has 0 spiro atoms. The minimum absolute atomic E-state index is 0.0139. The monoisotopic (exact) mass is 375 g/mol. The van der Waals surface area contributed by atoms with Crippen LogP contribution in [-0.4, -0.2) is 11.4 Å². The summed E-state index contributed by atoms with van der Waals surface area (Å²) in [7, 11) is 0. The Balaban J connectivity index is 1.98. The van der Waals surface area contributed by atoms with Crippen LogP contribution in [0.1, 0.15) is 11.1 Å². The fourth-order valence-electron chi connectivity index (χ4n) is 2.09. The third-order valence-corrected chi connectivity index (χ3v) is 3.93. The molecule has 3 rings (SSSR count). The van der Waals surface area contributed by atoms with Crippen LogP contribution < -0.4 is 15.0 Å². The Morgan fingerprint density at radius 1 is 1.18 bits per heavy atom. The minimum atomic E-state index is -4.50. The second kappa shape index (κ2) is 5.35. The van der Waals surface area contributed by atoms with Gasteiger partial charge in [0, 0.05) is 16.7 Å². The maximum Gasteiger partial charge on any atom is 0.417 e. The molecule has 8 heteroatoms. The molecule has 2 heterocycles. The summed E-state index contributed by atoms with van der Waals surface area (Å²) < 4.78 is 50.3. The highest BCUT2D eigenvalue weighted by atomic mass is 79.9. The number of rotatable bonds is 2. The molecule has 1 aromatic carbocycles. The lowest BCUT2D eigenvalue weighted by Gasteiger charge is -2.12. The zero-order valence-corrected chi connectivity index (χ0v) is 12.6. The standard InChI is InChI=1S/C14H9BrF3NO3/c15-10-4-12-11(21-7-22-12)3-8(10)5-19-6-9(14(16,17)18)1-2-13(19)20/h1-4,6H,5,7H2. The topological polar surface area (TPSA) is 40.5 Å². The van der Waals surface area contributed by atoms with E-state index in [1.54, 1.807) is 12.1 Å². The van der Waals surface area contributed by atoms with Gasteiger partial charge >= 0.3 is 6.18 Å². The number of pyridine rings is 1. The lowest BCUT2D eigenvalue weighted by atomic mass is 10.2. The number of halogens is 4. The van der Waals surface area contributed by atoms with Crippen molar-refractivity contribution in [2.24, 2.45) is 0 Å². The summed E-state index contributed by atoms with van der Waals surface area (Å²) >= 11 is 3.32. The molecule has 0 N–H and O–H groups in total. The molecular weight excluding hydrogens is 367 g/mol. The van der Waals surface area contributed by atoms with E-state index >= 15 is 0 Å². The Morgan fingerprint density at radius 3 is 2.55 bits per heavy atom. The highest BCUT2D eigenvalue weighted by Crippen LogP contribution is 2.37. The van der Waals surface area contributed by atoms with Gasteiger partial charge in [0.2, 0.25) is 6.79 Å². The van der Waals surface area contributed by atoms with Crippen molar-refractivity contribution >= 4 is 15.9 Å². The molecule has 0 bridgehead atoms. The fourth-order valence-corrected chi connectivity index (χ4v) is 2.53. The summed E-state index contributed by atoms with van der Waals surface area (Å²) in [6.45, 7) is 0.0781. The number of alkyl halides is 3. The number of hydrogen-bond acceptors (Lipinski definition) is 3. The van der Waals surface area contributed by atoms with Crippen LogP contribution in [0, 0.1) is 0 Å². The molecule has 0 atom stereocenters. The summed E-state index contributed by atoms with van der Waals surface area (Å²) in [5, 5.41) is 0. The first-order chi connectivity index (χ1) is 10.3. The van der Waals surface area contributed by atoms with Gasteiger partial charge in [-0.1, -0.05) is 15.9 Å². The number of hydrogen-bond donors (Lipinski definition) is 0. The molecule has 0 radical (unpaired) electrons. The van der Waals surface area contributed by atoms with Gasteiger partial charge in [-0.25, -0.2) is 0 Å². The van der Waals surface area contributed by atoms with Gasteiger partial charge in [0.25, 0.3) is 5.56 Å². The molecule has 0 aliphatic carbocycles. The first-order valence-electron chi connectivity index (χ1n) is 6.20. The summed E-state index contributed by atoms with van der Waals surface area (Å²) in [5.41, 5.74) is -0.771. The normalized spacial score (nSPS) is 13.5. The van der Waals surface area contributed by atoms with E-state index in [1.807, 2.05) is 0 Å². The number of fused-ring (bicyclic) bond motifs is 1. The van der Waals surface area contributed by atoms with Crippen molar-refractivity contribution in [1.29, 1.82) is 0 Å². The Bertz CT molecular complexity index is 786. The zero-order chi connectivity index (χ0) is 15.9. The van der Waals surface area contributed by atoms with E-state index in [4.69, 9.17) is 9.47 Å². The minimum Gasteiger partial charge on any atom is -0.454 e. The first-order valence-corrected chi connectivity index (χ1v) is 6.99. The van der Waals surface area contributed by atoms with Crippen LogP contribution in [0.2, 0.25) is 0 Å².